The van der Waals surface area contributed by atoms with Gasteiger partial charge in [-0.2, -0.15) is 0 Å². The highest BCUT2D eigenvalue weighted by atomic mass is 35.5. The van der Waals surface area contributed by atoms with Crippen molar-refractivity contribution in [1.82, 2.24) is 4.57 Å². The predicted molar refractivity (Wildman–Crippen MR) is 123 cm³/mol. The fraction of sp³-hybridized carbons (Fsp3) is 0.217. The van der Waals surface area contributed by atoms with E-state index in [2.05, 4.69) is 9.64 Å². The molecule has 2 aliphatic heterocycles. The highest BCUT2D eigenvalue weighted by Crippen LogP contribution is 2.42. The third-order valence-corrected chi connectivity index (χ3v) is 6.17. The molecule has 1 fully saturated rings. The molecular formula is C23H19ClFN3O5. The molecule has 3 heterocycles. The van der Waals surface area contributed by atoms with Crippen molar-refractivity contribution in [3.8, 4) is 11.5 Å². The normalized spacial score (nSPS) is 15.3. The molecule has 0 amide bonds. The number of aromatic nitrogens is 1. The minimum atomic E-state index is -1.62. The quantitative estimate of drug-likeness (QED) is 0.567. The summed E-state index contributed by atoms with van der Waals surface area (Å²) in [5.74, 6) is -0.829. The van der Waals surface area contributed by atoms with Gasteiger partial charge in [-0.25, -0.2) is 9.18 Å². The Morgan fingerprint density at radius 1 is 1.18 bits per heavy atom. The Bertz CT molecular complexity index is 1380. The molecule has 0 unspecified atom stereocenters. The second-order valence-electron chi connectivity index (χ2n) is 7.80. The lowest BCUT2D eigenvalue weighted by atomic mass is 10.1. The molecule has 1 N–H and O–H groups in total. The lowest BCUT2D eigenvalue weighted by molar-refractivity contribution is 0.144. The van der Waals surface area contributed by atoms with Crippen molar-refractivity contribution in [2.75, 3.05) is 36.0 Å². The molecule has 0 radical (unpaired) electrons. The van der Waals surface area contributed by atoms with Gasteiger partial charge in [0.05, 0.1) is 28.0 Å². The molecule has 2 aliphatic rings. The largest absolute Gasteiger partial charge is 0.511 e. The SMILES string of the molecule is CC1=COc2c(N3CCN(c4ccccc4Cl)CC3)c(F)cc3c(=O)c(OC(=O)O)cn1c23. The summed E-state index contributed by atoms with van der Waals surface area (Å²) in [4.78, 5) is 27.8. The van der Waals surface area contributed by atoms with Crippen molar-refractivity contribution in [2.24, 2.45) is 0 Å². The minimum absolute atomic E-state index is 0.0212. The van der Waals surface area contributed by atoms with Gasteiger partial charge < -0.3 is 28.9 Å². The summed E-state index contributed by atoms with van der Waals surface area (Å²) in [6.45, 7) is 3.98. The molecule has 170 valence electrons. The molecule has 0 atom stereocenters. The number of halogens is 2. The van der Waals surface area contributed by atoms with Gasteiger partial charge in [0.2, 0.25) is 5.43 Å². The van der Waals surface area contributed by atoms with E-state index in [0.29, 0.717) is 42.4 Å². The van der Waals surface area contributed by atoms with Crippen LogP contribution in [0.25, 0.3) is 16.6 Å². The van der Waals surface area contributed by atoms with Crippen LogP contribution in [0.15, 0.2) is 47.6 Å². The third kappa shape index (κ3) is 3.54. The van der Waals surface area contributed by atoms with Gasteiger partial charge in [-0.05, 0) is 25.1 Å². The highest BCUT2D eigenvalue weighted by Gasteiger charge is 2.29. The van der Waals surface area contributed by atoms with Gasteiger partial charge in [-0.15, -0.1) is 0 Å². The first kappa shape index (κ1) is 21.1. The first-order valence-electron chi connectivity index (χ1n) is 10.3. The van der Waals surface area contributed by atoms with Gasteiger partial charge in [0, 0.05) is 26.2 Å². The molecule has 1 aromatic heterocycles. The van der Waals surface area contributed by atoms with E-state index in [-0.39, 0.29) is 16.8 Å². The molecule has 5 rings (SSSR count). The first-order valence-corrected chi connectivity index (χ1v) is 10.6. The van der Waals surface area contributed by atoms with Gasteiger partial charge in [0.1, 0.15) is 17.5 Å². The summed E-state index contributed by atoms with van der Waals surface area (Å²) in [7, 11) is 0. The zero-order chi connectivity index (χ0) is 23.3. The number of pyridine rings is 1. The second-order valence-corrected chi connectivity index (χ2v) is 8.20. The number of hydrogen-bond donors (Lipinski definition) is 1. The van der Waals surface area contributed by atoms with E-state index in [1.807, 2.05) is 29.2 Å². The van der Waals surface area contributed by atoms with Crippen LogP contribution in [-0.2, 0) is 0 Å². The first-order chi connectivity index (χ1) is 15.8. The van der Waals surface area contributed by atoms with Gasteiger partial charge in [0.25, 0.3) is 0 Å². The zero-order valence-corrected chi connectivity index (χ0v) is 18.3. The Kier molecular flexibility index (Phi) is 5.13. The Balaban J connectivity index is 1.56. The minimum Gasteiger partial charge on any atom is -0.459 e. The average molecular weight is 472 g/mol. The van der Waals surface area contributed by atoms with E-state index in [9.17, 15) is 9.59 Å². The Morgan fingerprint density at radius 2 is 1.88 bits per heavy atom. The van der Waals surface area contributed by atoms with Crippen LogP contribution in [0.4, 0.5) is 20.6 Å². The standard InChI is InChI=1S/C23H19ClFN3O5/c1-13-12-32-22-19-14(21(29)18(11-28(13)19)33-23(30)31)10-16(25)20(22)27-8-6-26(7-9-27)17-5-3-2-4-15(17)24/h2-5,10-12H,6-9H2,1H3,(H,30,31). The van der Waals surface area contributed by atoms with E-state index in [1.54, 1.807) is 11.5 Å². The molecule has 10 heteroatoms. The number of nitrogens with zero attached hydrogens (tertiary/aromatic N) is 3. The number of allylic oxidation sites excluding steroid dienone is 1. The molecule has 0 aliphatic carbocycles. The summed E-state index contributed by atoms with van der Waals surface area (Å²) < 4.78 is 27.4. The smallest absolute Gasteiger partial charge is 0.459 e. The molecule has 0 spiro atoms. The van der Waals surface area contributed by atoms with E-state index >= 15 is 4.39 Å². The Labute approximate surface area is 192 Å². The molecule has 1 saturated heterocycles. The molecule has 0 bridgehead atoms. The number of rotatable bonds is 3. The number of carboxylic acid groups (broad SMARTS) is 1. The maximum absolute atomic E-state index is 15.4. The molecular weight excluding hydrogens is 453 g/mol. The average Bonchev–Trinajstić information content (AvgIpc) is 2.79. The summed E-state index contributed by atoms with van der Waals surface area (Å²) in [5.41, 5.74) is 1.41. The topological polar surface area (TPSA) is 84.2 Å². The van der Waals surface area contributed by atoms with Crippen LogP contribution in [0.2, 0.25) is 5.02 Å². The van der Waals surface area contributed by atoms with Crippen molar-refractivity contribution >= 4 is 45.7 Å². The second kappa shape index (κ2) is 8.00. The van der Waals surface area contributed by atoms with E-state index in [4.69, 9.17) is 21.4 Å². The summed E-state index contributed by atoms with van der Waals surface area (Å²) in [6, 6.07) is 8.69. The maximum atomic E-state index is 15.4. The lowest BCUT2D eigenvalue weighted by Crippen LogP contribution is -2.47. The van der Waals surface area contributed by atoms with Crippen molar-refractivity contribution in [2.45, 2.75) is 6.92 Å². The Hall–Kier alpha value is -3.72. The van der Waals surface area contributed by atoms with E-state index < -0.39 is 23.2 Å². The maximum Gasteiger partial charge on any atom is 0.511 e. The summed E-state index contributed by atoms with van der Waals surface area (Å²) >= 11 is 6.33. The van der Waals surface area contributed by atoms with Crippen molar-refractivity contribution < 1.29 is 23.8 Å². The van der Waals surface area contributed by atoms with E-state index in [0.717, 1.165) is 11.8 Å². The number of carbonyl (C=O) groups is 1. The molecule has 3 aromatic rings. The van der Waals surface area contributed by atoms with Crippen LogP contribution in [0.5, 0.6) is 11.5 Å². The fourth-order valence-corrected chi connectivity index (χ4v) is 4.58. The lowest BCUT2D eigenvalue weighted by Gasteiger charge is -2.38. The van der Waals surface area contributed by atoms with Crippen LogP contribution < -0.4 is 24.7 Å². The van der Waals surface area contributed by atoms with Crippen molar-refractivity contribution in [3.05, 3.63) is 63.9 Å². The van der Waals surface area contributed by atoms with Crippen LogP contribution in [0, 0.1) is 5.82 Å². The number of ether oxygens (including phenoxy) is 2. The molecule has 0 saturated carbocycles. The van der Waals surface area contributed by atoms with Gasteiger partial charge in [-0.3, -0.25) is 4.79 Å². The van der Waals surface area contributed by atoms with Gasteiger partial charge in [0.15, 0.2) is 17.3 Å². The number of piperazine rings is 1. The van der Waals surface area contributed by atoms with Crippen LogP contribution in [-0.4, -0.2) is 42.0 Å². The predicted octanol–water partition coefficient (Wildman–Crippen LogP) is 4.39. The molecule has 2 aromatic carbocycles. The third-order valence-electron chi connectivity index (χ3n) is 5.85. The van der Waals surface area contributed by atoms with Crippen molar-refractivity contribution in [1.29, 1.82) is 0 Å². The number of benzene rings is 2. The summed E-state index contributed by atoms with van der Waals surface area (Å²) in [5, 5.41) is 9.59. The Morgan fingerprint density at radius 3 is 2.58 bits per heavy atom. The van der Waals surface area contributed by atoms with Crippen LogP contribution in [0.3, 0.4) is 0 Å². The van der Waals surface area contributed by atoms with Gasteiger partial charge >= 0.3 is 6.16 Å². The number of anilines is 2. The van der Waals surface area contributed by atoms with Crippen LogP contribution >= 0.6 is 11.6 Å². The fourth-order valence-electron chi connectivity index (χ4n) is 4.32. The monoisotopic (exact) mass is 471 g/mol. The highest BCUT2D eigenvalue weighted by molar-refractivity contribution is 6.33. The van der Waals surface area contributed by atoms with Crippen LogP contribution in [0.1, 0.15) is 6.92 Å². The zero-order valence-electron chi connectivity index (χ0n) is 17.5. The number of para-hydroxylation sites is 1. The molecule has 33 heavy (non-hydrogen) atoms. The van der Waals surface area contributed by atoms with Crippen molar-refractivity contribution in [3.63, 3.8) is 0 Å². The van der Waals surface area contributed by atoms with Gasteiger partial charge in [-0.1, -0.05) is 23.7 Å². The van der Waals surface area contributed by atoms with E-state index in [1.165, 1.54) is 12.5 Å². The summed E-state index contributed by atoms with van der Waals surface area (Å²) in [6.07, 6.45) is 1.09. The number of hydrogen-bond acceptors (Lipinski definition) is 6. The molecule has 8 nitrogen and oxygen atoms in total.